The predicted molar refractivity (Wildman–Crippen MR) is 133 cm³/mol. The highest BCUT2D eigenvalue weighted by atomic mass is 32.2. The van der Waals surface area contributed by atoms with Crippen LogP contribution < -0.4 is 5.56 Å². The minimum atomic E-state index is -0.0833. The molecule has 0 saturated heterocycles. The lowest BCUT2D eigenvalue weighted by Gasteiger charge is -2.17. The molecule has 34 heavy (non-hydrogen) atoms. The van der Waals surface area contributed by atoms with Gasteiger partial charge in [-0.3, -0.25) is 4.79 Å². The van der Waals surface area contributed by atoms with Gasteiger partial charge in [0.05, 0.1) is 17.6 Å². The van der Waals surface area contributed by atoms with Gasteiger partial charge in [-0.1, -0.05) is 54.6 Å². The van der Waals surface area contributed by atoms with Crippen molar-refractivity contribution in [2.75, 3.05) is 0 Å². The fraction of sp³-hybridized carbons (Fsp3) is 0.231. The molecule has 8 heteroatoms. The fourth-order valence-corrected chi connectivity index (χ4v) is 5.47. The van der Waals surface area contributed by atoms with Gasteiger partial charge < -0.3 is 4.57 Å². The molecular formula is C26H24N6OS. The molecule has 7 nitrogen and oxygen atoms in total. The SMILES string of the molecule is O=c1c2c3n(c(SCc4cnn(-c5ccccc5)c4)nc-2nn1-c1ccccc1)CCCCC3. The van der Waals surface area contributed by atoms with E-state index in [1.807, 2.05) is 71.5 Å². The maximum absolute atomic E-state index is 13.4. The number of hydrogen-bond donors (Lipinski definition) is 0. The van der Waals surface area contributed by atoms with E-state index in [0.29, 0.717) is 11.4 Å². The Kier molecular flexibility index (Phi) is 5.50. The van der Waals surface area contributed by atoms with Gasteiger partial charge in [0.1, 0.15) is 5.56 Å². The molecule has 2 aromatic carbocycles. The molecule has 0 atom stereocenters. The topological polar surface area (TPSA) is 70.5 Å². The van der Waals surface area contributed by atoms with Gasteiger partial charge in [-0.2, -0.15) is 9.78 Å². The second-order valence-electron chi connectivity index (χ2n) is 8.47. The van der Waals surface area contributed by atoms with Crippen LogP contribution in [0.2, 0.25) is 0 Å². The number of thioether (sulfide) groups is 1. The number of para-hydroxylation sites is 2. The van der Waals surface area contributed by atoms with Gasteiger partial charge in [0.25, 0.3) is 5.56 Å². The van der Waals surface area contributed by atoms with Gasteiger partial charge in [-0.05, 0) is 43.5 Å². The highest BCUT2D eigenvalue weighted by Gasteiger charge is 2.27. The van der Waals surface area contributed by atoms with E-state index < -0.39 is 0 Å². The van der Waals surface area contributed by atoms with Crippen molar-refractivity contribution in [2.24, 2.45) is 0 Å². The Morgan fingerprint density at radius 1 is 0.912 bits per heavy atom. The second-order valence-corrected chi connectivity index (χ2v) is 9.41. The molecule has 3 aliphatic heterocycles. The lowest BCUT2D eigenvalue weighted by Crippen LogP contribution is -2.19. The first-order chi connectivity index (χ1) is 16.8. The summed E-state index contributed by atoms with van der Waals surface area (Å²) in [6, 6.07) is 19.7. The molecule has 0 bridgehead atoms. The Morgan fingerprint density at radius 3 is 2.47 bits per heavy atom. The maximum Gasteiger partial charge on any atom is 0.284 e. The molecular weight excluding hydrogens is 444 g/mol. The van der Waals surface area contributed by atoms with Crippen molar-refractivity contribution in [3.8, 4) is 22.8 Å². The zero-order valence-corrected chi connectivity index (χ0v) is 19.5. The molecule has 0 saturated carbocycles. The number of nitrogens with zero attached hydrogens (tertiary/aromatic N) is 6. The molecule has 3 aromatic rings. The maximum atomic E-state index is 13.4. The number of benzene rings is 2. The zero-order chi connectivity index (χ0) is 22.9. The van der Waals surface area contributed by atoms with E-state index in [1.54, 1.807) is 11.8 Å². The molecule has 0 spiro atoms. The van der Waals surface area contributed by atoms with Crippen molar-refractivity contribution >= 4 is 11.8 Å². The van der Waals surface area contributed by atoms with E-state index in [1.165, 1.54) is 4.68 Å². The van der Waals surface area contributed by atoms with Crippen LogP contribution in [-0.4, -0.2) is 29.1 Å². The summed E-state index contributed by atoms with van der Waals surface area (Å²) in [6.07, 6.45) is 8.15. The molecule has 3 aliphatic rings. The molecule has 4 heterocycles. The normalized spacial score (nSPS) is 13.6. The summed E-state index contributed by atoms with van der Waals surface area (Å²) < 4.78 is 5.63. The first-order valence-electron chi connectivity index (χ1n) is 11.6. The van der Waals surface area contributed by atoms with Crippen LogP contribution in [0.4, 0.5) is 0 Å². The van der Waals surface area contributed by atoms with E-state index in [9.17, 15) is 4.79 Å². The van der Waals surface area contributed by atoms with Gasteiger partial charge in [0.15, 0.2) is 11.0 Å². The summed E-state index contributed by atoms with van der Waals surface area (Å²) in [4.78, 5) is 18.3. The second kappa shape index (κ2) is 8.95. The standard InChI is InChI=1S/C26H24N6OS/c33-25-23-22-14-8-3-9-15-30(22)26(28-24(23)29-32(25)21-12-6-2-7-13-21)34-18-19-16-27-31(17-19)20-10-4-1-5-11-20/h1-2,4-7,10-13,16-17H,3,8-9,14-15,18H2. The molecule has 0 unspecified atom stereocenters. The van der Waals surface area contributed by atoms with Crippen molar-refractivity contribution < 1.29 is 0 Å². The van der Waals surface area contributed by atoms with Crippen LogP contribution in [0.25, 0.3) is 22.8 Å². The average Bonchev–Trinajstić information content (AvgIpc) is 3.40. The summed E-state index contributed by atoms with van der Waals surface area (Å²) in [7, 11) is 0. The van der Waals surface area contributed by atoms with E-state index in [-0.39, 0.29) is 5.56 Å². The van der Waals surface area contributed by atoms with Crippen LogP contribution in [0.15, 0.2) is 83.0 Å². The highest BCUT2D eigenvalue weighted by Crippen LogP contribution is 2.31. The molecule has 170 valence electrons. The minimum Gasteiger partial charge on any atom is -0.324 e. The number of fused-ring (bicyclic) bond motifs is 3. The summed E-state index contributed by atoms with van der Waals surface area (Å²) in [5, 5.41) is 10.1. The van der Waals surface area contributed by atoms with Crippen LogP contribution in [-0.2, 0) is 18.7 Å². The first kappa shape index (κ1) is 20.9. The largest absolute Gasteiger partial charge is 0.324 e. The van der Waals surface area contributed by atoms with Crippen molar-refractivity contribution in [3.05, 3.63) is 94.7 Å². The van der Waals surface area contributed by atoms with Crippen molar-refractivity contribution in [2.45, 2.75) is 43.1 Å². The lowest BCUT2D eigenvalue weighted by atomic mass is 10.1. The minimum absolute atomic E-state index is 0.0833. The molecule has 0 N–H and O–H groups in total. The Hall–Kier alpha value is -3.65. The van der Waals surface area contributed by atoms with Gasteiger partial charge in [0.2, 0.25) is 0 Å². The summed E-state index contributed by atoms with van der Waals surface area (Å²) in [6.45, 7) is 0.875. The summed E-state index contributed by atoms with van der Waals surface area (Å²) in [5.74, 6) is 1.28. The lowest BCUT2D eigenvalue weighted by molar-refractivity contribution is 0.571. The molecule has 0 aliphatic carbocycles. The Balaban J connectivity index is 1.37. The van der Waals surface area contributed by atoms with Crippen molar-refractivity contribution in [1.29, 1.82) is 0 Å². The Labute approximate surface area is 201 Å². The van der Waals surface area contributed by atoms with Gasteiger partial charge in [0, 0.05) is 29.8 Å². The molecule has 6 rings (SSSR count). The monoisotopic (exact) mass is 468 g/mol. The number of hydrogen-bond acceptors (Lipinski definition) is 5. The third-order valence-corrected chi connectivity index (χ3v) is 7.24. The van der Waals surface area contributed by atoms with Gasteiger partial charge >= 0.3 is 0 Å². The average molecular weight is 469 g/mol. The molecule has 1 aromatic heterocycles. The fourth-order valence-electron chi connectivity index (χ4n) is 4.51. The summed E-state index contributed by atoms with van der Waals surface area (Å²) in [5.41, 5.74) is 4.57. The van der Waals surface area contributed by atoms with E-state index in [2.05, 4.69) is 21.0 Å². The Bertz CT molecular complexity index is 1450. The predicted octanol–water partition coefficient (Wildman–Crippen LogP) is 4.74. The number of rotatable bonds is 5. The quantitative estimate of drug-likeness (QED) is 0.275. The Morgan fingerprint density at radius 2 is 1.68 bits per heavy atom. The van der Waals surface area contributed by atoms with Crippen LogP contribution >= 0.6 is 11.8 Å². The highest BCUT2D eigenvalue weighted by molar-refractivity contribution is 7.98. The van der Waals surface area contributed by atoms with E-state index in [4.69, 9.17) is 4.98 Å². The molecule has 0 amide bonds. The number of aromatic nitrogens is 6. The van der Waals surface area contributed by atoms with Crippen molar-refractivity contribution in [1.82, 2.24) is 29.1 Å². The zero-order valence-electron chi connectivity index (χ0n) is 18.7. The third kappa shape index (κ3) is 3.84. The summed E-state index contributed by atoms with van der Waals surface area (Å²) >= 11 is 1.68. The first-order valence-corrected chi connectivity index (χ1v) is 12.6. The third-order valence-electron chi connectivity index (χ3n) is 6.19. The molecule has 0 fully saturated rings. The van der Waals surface area contributed by atoms with Crippen LogP contribution in [0.1, 0.15) is 30.5 Å². The van der Waals surface area contributed by atoms with Crippen LogP contribution in [0.3, 0.4) is 0 Å². The smallest absolute Gasteiger partial charge is 0.284 e. The van der Waals surface area contributed by atoms with E-state index >= 15 is 0 Å². The van der Waals surface area contributed by atoms with Crippen molar-refractivity contribution in [3.63, 3.8) is 0 Å². The van der Waals surface area contributed by atoms with Gasteiger partial charge in [-0.25, -0.2) is 9.67 Å². The van der Waals surface area contributed by atoms with Crippen LogP contribution in [0, 0.1) is 0 Å². The van der Waals surface area contributed by atoms with E-state index in [0.717, 1.165) is 65.8 Å². The van der Waals surface area contributed by atoms with Gasteiger partial charge in [-0.15, -0.1) is 5.10 Å². The molecule has 0 radical (unpaired) electrons. The van der Waals surface area contributed by atoms with Crippen LogP contribution in [0.5, 0.6) is 0 Å².